The Labute approximate surface area is 108 Å². The molecule has 1 aromatic carbocycles. The van der Waals surface area contributed by atoms with Crippen LogP contribution >= 0.6 is 0 Å². The molecule has 0 unspecified atom stereocenters. The normalized spacial score (nSPS) is 17.2. The van der Waals surface area contributed by atoms with Crippen LogP contribution in [0.4, 0.5) is 0 Å². The number of hydrogen-bond acceptors (Lipinski definition) is 2. The van der Waals surface area contributed by atoms with E-state index in [9.17, 15) is 9.90 Å². The first-order chi connectivity index (χ1) is 8.68. The lowest BCUT2D eigenvalue weighted by molar-refractivity contribution is 0.0717. The van der Waals surface area contributed by atoms with E-state index in [0.717, 1.165) is 12.8 Å². The van der Waals surface area contributed by atoms with Crippen LogP contribution < -0.4 is 0 Å². The number of hydrogen-bond donors (Lipinski definition) is 1. The predicted octanol–water partition coefficient (Wildman–Crippen LogP) is 3.19. The second kappa shape index (κ2) is 5.89. The van der Waals surface area contributed by atoms with Crippen molar-refractivity contribution in [2.24, 2.45) is 0 Å². The third kappa shape index (κ3) is 3.03. The van der Waals surface area contributed by atoms with E-state index >= 15 is 0 Å². The molecular formula is C15H21NO2. The molecule has 0 saturated heterocycles. The summed E-state index contributed by atoms with van der Waals surface area (Å²) in [5, 5.41) is 9.24. The van der Waals surface area contributed by atoms with Gasteiger partial charge in [0.15, 0.2) is 0 Å². The summed E-state index contributed by atoms with van der Waals surface area (Å²) in [4.78, 5) is 14.2. The van der Waals surface area contributed by atoms with Gasteiger partial charge in [0.05, 0.1) is 0 Å². The molecule has 1 aromatic rings. The van der Waals surface area contributed by atoms with E-state index < -0.39 is 0 Å². The van der Waals surface area contributed by atoms with Crippen LogP contribution in [-0.4, -0.2) is 29.0 Å². The summed E-state index contributed by atoms with van der Waals surface area (Å²) < 4.78 is 0. The van der Waals surface area contributed by atoms with Crippen LogP contribution in [-0.2, 0) is 0 Å². The van der Waals surface area contributed by atoms with E-state index in [4.69, 9.17) is 0 Å². The smallest absolute Gasteiger partial charge is 0.253 e. The lowest BCUT2D eigenvalue weighted by Crippen LogP contribution is -2.36. The third-order valence-electron chi connectivity index (χ3n) is 3.81. The van der Waals surface area contributed by atoms with Crippen molar-refractivity contribution in [1.82, 2.24) is 4.90 Å². The molecule has 0 aromatic heterocycles. The minimum absolute atomic E-state index is 0.0573. The highest BCUT2D eigenvalue weighted by Crippen LogP contribution is 2.22. The average Bonchev–Trinajstić information content (AvgIpc) is 2.67. The second-order valence-electron chi connectivity index (χ2n) is 5.11. The topological polar surface area (TPSA) is 40.5 Å². The van der Waals surface area contributed by atoms with Gasteiger partial charge in [0.25, 0.3) is 5.91 Å². The molecule has 0 aliphatic heterocycles. The largest absolute Gasteiger partial charge is 0.508 e. The molecule has 1 aliphatic carbocycles. The highest BCUT2D eigenvalue weighted by atomic mass is 16.3. The minimum Gasteiger partial charge on any atom is -0.508 e. The van der Waals surface area contributed by atoms with Crippen molar-refractivity contribution in [2.75, 3.05) is 7.05 Å². The number of carbonyl (C=O) groups is 1. The van der Waals surface area contributed by atoms with E-state index in [1.807, 2.05) is 11.9 Å². The number of carbonyl (C=O) groups excluding carboxylic acids is 1. The van der Waals surface area contributed by atoms with Crippen LogP contribution in [0.25, 0.3) is 0 Å². The molecule has 18 heavy (non-hydrogen) atoms. The van der Waals surface area contributed by atoms with Crippen molar-refractivity contribution in [3.8, 4) is 5.75 Å². The maximum atomic E-state index is 12.3. The molecule has 98 valence electrons. The van der Waals surface area contributed by atoms with E-state index in [1.165, 1.54) is 25.7 Å². The van der Waals surface area contributed by atoms with Gasteiger partial charge in [-0.3, -0.25) is 4.79 Å². The fraction of sp³-hybridized carbons (Fsp3) is 0.533. The average molecular weight is 247 g/mol. The van der Waals surface area contributed by atoms with E-state index in [1.54, 1.807) is 24.3 Å². The summed E-state index contributed by atoms with van der Waals surface area (Å²) in [5.74, 6) is 0.255. The first-order valence-electron chi connectivity index (χ1n) is 6.74. The van der Waals surface area contributed by atoms with Gasteiger partial charge >= 0.3 is 0 Å². The number of rotatable bonds is 2. The molecule has 1 amide bonds. The van der Waals surface area contributed by atoms with Gasteiger partial charge in [-0.1, -0.05) is 25.7 Å². The van der Waals surface area contributed by atoms with Gasteiger partial charge in [0, 0.05) is 18.7 Å². The number of phenols is 1. The van der Waals surface area contributed by atoms with Gasteiger partial charge in [-0.15, -0.1) is 0 Å². The molecule has 0 radical (unpaired) electrons. The van der Waals surface area contributed by atoms with Crippen molar-refractivity contribution in [3.63, 3.8) is 0 Å². The SMILES string of the molecule is CN(C(=O)c1ccc(O)cc1)C1CCCCCC1. The fourth-order valence-electron chi connectivity index (χ4n) is 2.62. The minimum atomic E-state index is 0.0573. The van der Waals surface area contributed by atoms with Gasteiger partial charge in [-0.25, -0.2) is 0 Å². The lowest BCUT2D eigenvalue weighted by Gasteiger charge is -2.27. The molecule has 3 heteroatoms. The highest BCUT2D eigenvalue weighted by molar-refractivity contribution is 5.94. The Morgan fingerprint density at radius 3 is 2.22 bits per heavy atom. The first kappa shape index (κ1) is 12.9. The summed E-state index contributed by atoms with van der Waals surface area (Å²) in [5.41, 5.74) is 0.652. The Balaban J connectivity index is 2.05. The Hall–Kier alpha value is -1.51. The van der Waals surface area contributed by atoms with Gasteiger partial charge in [-0.05, 0) is 37.1 Å². The van der Waals surface area contributed by atoms with Gasteiger partial charge in [0.2, 0.25) is 0 Å². The highest BCUT2D eigenvalue weighted by Gasteiger charge is 2.21. The fourth-order valence-corrected chi connectivity index (χ4v) is 2.62. The number of benzene rings is 1. The van der Waals surface area contributed by atoms with Gasteiger partial charge in [0.1, 0.15) is 5.75 Å². The number of amides is 1. The molecule has 1 fully saturated rings. The molecule has 3 nitrogen and oxygen atoms in total. The standard InChI is InChI=1S/C15H21NO2/c1-16(13-6-4-2-3-5-7-13)15(18)12-8-10-14(17)11-9-12/h8-11,13,17H,2-7H2,1H3. The summed E-state index contributed by atoms with van der Waals surface area (Å²) in [6.45, 7) is 0. The predicted molar refractivity (Wildman–Crippen MR) is 71.7 cm³/mol. The van der Waals surface area contributed by atoms with E-state index in [2.05, 4.69) is 0 Å². The molecule has 0 heterocycles. The molecule has 0 atom stereocenters. The summed E-state index contributed by atoms with van der Waals surface area (Å²) in [6.07, 6.45) is 7.24. The Morgan fingerprint density at radius 2 is 1.67 bits per heavy atom. The van der Waals surface area contributed by atoms with Crippen LogP contribution in [0.1, 0.15) is 48.9 Å². The molecule has 0 spiro atoms. The quantitative estimate of drug-likeness (QED) is 0.815. The zero-order valence-corrected chi connectivity index (χ0v) is 10.9. The summed E-state index contributed by atoms with van der Waals surface area (Å²) >= 11 is 0. The number of aromatic hydroxyl groups is 1. The van der Waals surface area contributed by atoms with Crippen LogP contribution in [0, 0.1) is 0 Å². The van der Waals surface area contributed by atoms with E-state index in [-0.39, 0.29) is 11.7 Å². The molecule has 1 N–H and O–H groups in total. The second-order valence-corrected chi connectivity index (χ2v) is 5.11. The zero-order chi connectivity index (χ0) is 13.0. The molecule has 0 bridgehead atoms. The van der Waals surface area contributed by atoms with E-state index in [0.29, 0.717) is 11.6 Å². The molecular weight excluding hydrogens is 226 g/mol. The lowest BCUT2D eigenvalue weighted by atomic mass is 10.1. The summed E-state index contributed by atoms with van der Waals surface area (Å²) in [7, 11) is 1.89. The van der Waals surface area contributed by atoms with Crippen LogP contribution in [0.2, 0.25) is 0 Å². The Kier molecular flexibility index (Phi) is 4.24. The Bertz CT molecular complexity index is 391. The maximum absolute atomic E-state index is 12.3. The molecule has 1 saturated carbocycles. The van der Waals surface area contributed by atoms with Crippen molar-refractivity contribution in [1.29, 1.82) is 0 Å². The molecule has 1 aliphatic rings. The summed E-state index contributed by atoms with van der Waals surface area (Å²) in [6, 6.07) is 6.87. The van der Waals surface area contributed by atoms with Crippen molar-refractivity contribution < 1.29 is 9.90 Å². The number of nitrogens with zero attached hydrogens (tertiary/aromatic N) is 1. The maximum Gasteiger partial charge on any atom is 0.253 e. The van der Waals surface area contributed by atoms with Gasteiger partial charge < -0.3 is 10.0 Å². The van der Waals surface area contributed by atoms with Crippen LogP contribution in [0.15, 0.2) is 24.3 Å². The Morgan fingerprint density at radius 1 is 1.11 bits per heavy atom. The third-order valence-corrected chi connectivity index (χ3v) is 3.81. The van der Waals surface area contributed by atoms with Crippen LogP contribution in [0.3, 0.4) is 0 Å². The van der Waals surface area contributed by atoms with Crippen molar-refractivity contribution in [3.05, 3.63) is 29.8 Å². The van der Waals surface area contributed by atoms with Crippen molar-refractivity contribution >= 4 is 5.91 Å². The molecule has 2 rings (SSSR count). The van der Waals surface area contributed by atoms with Crippen LogP contribution in [0.5, 0.6) is 5.75 Å². The monoisotopic (exact) mass is 247 g/mol. The zero-order valence-electron chi connectivity index (χ0n) is 10.9. The number of phenolic OH excluding ortho intramolecular Hbond substituents is 1. The van der Waals surface area contributed by atoms with Crippen molar-refractivity contribution in [2.45, 2.75) is 44.6 Å². The first-order valence-corrected chi connectivity index (χ1v) is 6.74. The van der Waals surface area contributed by atoms with Gasteiger partial charge in [-0.2, -0.15) is 0 Å².